The molecule has 0 spiro atoms. The van der Waals surface area contributed by atoms with E-state index in [0.717, 1.165) is 47.3 Å². The minimum atomic E-state index is 0.530. The van der Waals surface area contributed by atoms with Gasteiger partial charge in [-0.05, 0) is 112 Å². The van der Waals surface area contributed by atoms with Crippen molar-refractivity contribution in [1.82, 2.24) is 0 Å². The van der Waals surface area contributed by atoms with E-state index in [1.54, 1.807) is 38.5 Å². The molecule has 8 rings (SSSR count). The molecule has 8 saturated carbocycles. The van der Waals surface area contributed by atoms with Crippen LogP contribution in [0.5, 0.6) is 0 Å². The van der Waals surface area contributed by atoms with Crippen LogP contribution in [0.4, 0.5) is 0 Å². The molecular formula is C20H28Br2. The zero-order valence-electron chi connectivity index (χ0n) is 13.4. The standard InChI is InChI=1S/C20H28Br2/c21-19-7-11-1-12(8-19)4-15(3-11)17(19)18-16-5-13-2-14(6-16)10-20(18,22)9-13/h11-18H,1-10H2. The van der Waals surface area contributed by atoms with Gasteiger partial charge in [0.2, 0.25) is 0 Å². The van der Waals surface area contributed by atoms with E-state index in [2.05, 4.69) is 31.9 Å². The number of halogens is 2. The molecule has 6 atom stereocenters. The zero-order chi connectivity index (χ0) is 14.7. The number of rotatable bonds is 1. The minimum Gasteiger partial charge on any atom is -0.0850 e. The van der Waals surface area contributed by atoms with Crippen LogP contribution in [0.2, 0.25) is 0 Å². The Bertz CT molecular complexity index is 440. The van der Waals surface area contributed by atoms with Crippen molar-refractivity contribution in [2.75, 3.05) is 0 Å². The largest absolute Gasteiger partial charge is 0.0850 e. The maximum atomic E-state index is 4.40. The molecule has 0 radical (unpaired) electrons. The van der Waals surface area contributed by atoms with E-state index < -0.39 is 0 Å². The van der Waals surface area contributed by atoms with Crippen LogP contribution in [0.15, 0.2) is 0 Å². The number of alkyl halides is 2. The van der Waals surface area contributed by atoms with Gasteiger partial charge in [-0.2, -0.15) is 0 Å². The van der Waals surface area contributed by atoms with Crippen LogP contribution in [0.3, 0.4) is 0 Å². The maximum absolute atomic E-state index is 4.40. The van der Waals surface area contributed by atoms with Crippen LogP contribution in [-0.4, -0.2) is 8.65 Å². The van der Waals surface area contributed by atoms with Crippen molar-refractivity contribution in [2.24, 2.45) is 47.3 Å². The predicted octanol–water partition coefficient (Wildman–Crippen LogP) is 6.17. The van der Waals surface area contributed by atoms with Crippen LogP contribution in [0.1, 0.15) is 64.2 Å². The van der Waals surface area contributed by atoms with Gasteiger partial charge in [0.15, 0.2) is 0 Å². The molecule has 0 aromatic carbocycles. The van der Waals surface area contributed by atoms with E-state index in [1.807, 2.05) is 0 Å². The second-order valence-corrected chi connectivity index (χ2v) is 13.5. The van der Waals surface area contributed by atoms with Crippen molar-refractivity contribution in [1.29, 1.82) is 0 Å². The van der Waals surface area contributed by atoms with E-state index in [0.29, 0.717) is 8.65 Å². The molecule has 8 bridgehead atoms. The SMILES string of the molecule is BrC12CC3CC(CC(C3)C1C1C3CC4CC(C3)CC1(Br)C4)C2. The molecule has 2 heteroatoms. The van der Waals surface area contributed by atoms with Gasteiger partial charge in [-0.25, -0.2) is 0 Å². The molecule has 0 heterocycles. The van der Waals surface area contributed by atoms with Crippen LogP contribution >= 0.6 is 31.9 Å². The van der Waals surface area contributed by atoms with Gasteiger partial charge in [-0.1, -0.05) is 31.9 Å². The summed E-state index contributed by atoms with van der Waals surface area (Å²) in [6, 6.07) is 0. The first-order chi connectivity index (χ1) is 10.5. The highest BCUT2D eigenvalue weighted by molar-refractivity contribution is 9.10. The molecule has 8 aliphatic rings. The summed E-state index contributed by atoms with van der Waals surface area (Å²) in [6.45, 7) is 0. The normalized spacial score (nSPS) is 67.9. The lowest BCUT2D eigenvalue weighted by Gasteiger charge is -2.68. The Morgan fingerprint density at radius 1 is 0.500 bits per heavy atom. The highest BCUT2D eigenvalue weighted by Crippen LogP contribution is 2.71. The third-order valence-corrected chi connectivity index (χ3v) is 11.3. The van der Waals surface area contributed by atoms with Gasteiger partial charge in [-0.3, -0.25) is 0 Å². The molecule has 0 amide bonds. The molecular weight excluding hydrogens is 400 g/mol. The van der Waals surface area contributed by atoms with Crippen molar-refractivity contribution in [3.8, 4) is 0 Å². The quantitative estimate of drug-likeness (QED) is 0.439. The van der Waals surface area contributed by atoms with Gasteiger partial charge >= 0.3 is 0 Å². The second-order valence-electron chi connectivity index (χ2n) is 10.3. The van der Waals surface area contributed by atoms with Gasteiger partial charge in [0.1, 0.15) is 0 Å². The number of fused-ring (bicyclic) bond motifs is 1. The molecule has 22 heavy (non-hydrogen) atoms. The Hall–Kier alpha value is 0.960. The van der Waals surface area contributed by atoms with E-state index in [1.165, 1.54) is 25.7 Å². The van der Waals surface area contributed by atoms with Crippen LogP contribution in [-0.2, 0) is 0 Å². The number of hydrogen-bond donors (Lipinski definition) is 0. The Morgan fingerprint density at radius 3 is 1.09 bits per heavy atom. The first-order valence-corrected chi connectivity index (χ1v) is 11.5. The molecule has 0 aliphatic heterocycles. The van der Waals surface area contributed by atoms with Crippen molar-refractivity contribution in [3.63, 3.8) is 0 Å². The average molecular weight is 428 g/mol. The minimum absolute atomic E-state index is 0.530. The molecule has 0 N–H and O–H groups in total. The van der Waals surface area contributed by atoms with Crippen LogP contribution in [0, 0.1) is 47.3 Å². The van der Waals surface area contributed by atoms with E-state index in [9.17, 15) is 0 Å². The highest BCUT2D eigenvalue weighted by Gasteiger charge is 2.65. The summed E-state index contributed by atoms with van der Waals surface area (Å²) in [6.07, 6.45) is 15.5. The fraction of sp³-hybridized carbons (Fsp3) is 1.00. The maximum Gasteiger partial charge on any atom is 0.0297 e. The molecule has 122 valence electrons. The summed E-state index contributed by atoms with van der Waals surface area (Å²) in [7, 11) is 0. The molecule has 0 saturated heterocycles. The Morgan fingerprint density at radius 2 is 0.818 bits per heavy atom. The molecule has 0 aromatic rings. The van der Waals surface area contributed by atoms with Gasteiger partial charge in [-0.15, -0.1) is 0 Å². The van der Waals surface area contributed by atoms with Crippen molar-refractivity contribution < 1.29 is 0 Å². The van der Waals surface area contributed by atoms with Gasteiger partial charge in [0.25, 0.3) is 0 Å². The van der Waals surface area contributed by atoms with Crippen molar-refractivity contribution in [2.45, 2.75) is 72.9 Å². The lowest BCUT2D eigenvalue weighted by atomic mass is 9.42. The third kappa shape index (κ3) is 1.76. The average Bonchev–Trinajstić information content (AvgIpc) is 2.38. The predicted molar refractivity (Wildman–Crippen MR) is 97.4 cm³/mol. The lowest BCUT2D eigenvalue weighted by Crippen LogP contribution is -2.64. The topological polar surface area (TPSA) is 0 Å². The Labute approximate surface area is 151 Å². The van der Waals surface area contributed by atoms with Gasteiger partial charge in [0.05, 0.1) is 0 Å². The second kappa shape index (κ2) is 4.37. The van der Waals surface area contributed by atoms with E-state index >= 15 is 0 Å². The summed E-state index contributed by atoms with van der Waals surface area (Å²) in [5.74, 6) is 8.36. The van der Waals surface area contributed by atoms with Crippen LogP contribution < -0.4 is 0 Å². The smallest absolute Gasteiger partial charge is 0.0297 e. The number of hydrogen-bond acceptors (Lipinski definition) is 0. The molecule has 0 aromatic heterocycles. The fourth-order valence-corrected chi connectivity index (χ4v) is 12.3. The van der Waals surface area contributed by atoms with Crippen LogP contribution in [0.25, 0.3) is 0 Å². The van der Waals surface area contributed by atoms with E-state index in [-0.39, 0.29) is 0 Å². The van der Waals surface area contributed by atoms with Gasteiger partial charge < -0.3 is 0 Å². The molecule has 6 unspecified atom stereocenters. The lowest BCUT2D eigenvalue weighted by molar-refractivity contribution is -0.111. The Balaban J connectivity index is 1.41. The van der Waals surface area contributed by atoms with E-state index in [4.69, 9.17) is 0 Å². The zero-order valence-corrected chi connectivity index (χ0v) is 16.6. The van der Waals surface area contributed by atoms with Crippen molar-refractivity contribution >= 4 is 31.9 Å². The summed E-state index contributed by atoms with van der Waals surface area (Å²) in [5, 5.41) is 0. The Kier molecular flexibility index (Phi) is 2.82. The van der Waals surface area contributed by atoms with Gasteiger partial charge in [0, 0.05) is 8.65 Å². The molecule has 8 aliphatic carbocycles. The molecule has 0 nitrogen and oxygen atoms in total. The third-order valence-electron chi connectivity index (χ3n) is 8.99. The summed E-state index contributed by atoms with van der Waals surface area (Å²) in [5.41, 5.74) is 0. The first kappa shape index (κ1) is 14.2. The summed E-state index contributed by atoms with van der Waals surface area (Å²) >= 11 is 8.79. The fourth-order valence-electron chi connectivity index (χ4n) is 9.19. The summed E-state index contributed by atoms with van der Waals surface area (Å²) in [4.78, 5) is 0. The van der Waals surface area contributed by atoms with Crippen molar-refractivity contribution in [3.05, 3.63) is 0 Å². The first-order valence-electron chi connectivity index (χ1n) is 9.90. The molecule has 8 fully saturated rings. The monoisotopic (exact) mass is 426 g/mol. The summed E-state index contributed by atoms with van der Waals surface area (Å²) < 4.78 is 1.06. The highest BCUT2D eigenvalue weighted by atomic mass is 79.9.